The second kappa shape index (κ2) is 5.85. The van der Waals surface area contributed by atoms with Crippen molar-refractivity contribution in [3.8, 4) is 16.9 Å². The van der Waals surface area contributed by atoms with Gasteiger partial charge in [-0.1, -0.05) is 24.3 Å². The summed E-state index contributed by atoms with van der Waals surface area (Å²) >= 11 is 0. The van der Waals surface area contributed by atoms with Gasteiger partial charge in [0, 0.05) is 23.5 Å². The fourth-order valence-corrected chi connectivity index (χ4v) is 2.61. The maximum atomic E-state index is 11.1. The number of methoxy groups -OCH3 is 1. The van der Waals surface area contributed by atoms with Crippen LogP contribution in [-0.2, 0) is 11.2 Å². The molecule has 0 atom stereocenters. The number of pyridine rings is 1. The average molecular weight is 293 g/mol. The number of carbonyl (C=O) groups is 1. The van der Waals surface area contributed by atoms with Crippen LogP contribution in [0.5, 0.6) is 5.75 Å². The van der Waals surface area contributed by atoms with Crippen molar-refractivity contribution < 1.29 is 14.6 Å². The van der Waals surface area contributed by atoms with Gasteiger partial charge in [0.05, 0.1) is 13.5 Å². The molecular formula is C18H15NO3. The van der Waals surface area contributed by atoms with E-state index < -0.39 is 5.97 Å². The Kier molecular flexibility index (Phi) is 3.74. The second-order valence-corrected chi connectivity index (χ2v) is 4.99. The fraction of sp³-hybridized carbons (Fsp3) is 0.111. The first kappa shape index (κ1) is 14.1. The van der Waals surface area contributed by atoms with E-state index in [4.69, 9.17) is 9.84 Å². The van der Waals surface area contributed by atoms with Gasteiger partial charge in [0.15, 0.2) is 0 Å². The minimum atomic E-state index is -0.873. The molecule has 3 aromatic rings. The molecule has 0 aliphatic rings. The minimum Gasteiger partial charge on any atom is -0.496 e. The molecule has 0 fully saturated rings. The molecule has 1 aromatic heterocycles. The van der Waals surface area contributed by atoms with Crippen molar-refractivity contribution in [3.05, 3.63) is 60.4 Å². The highest BCUT2D eigenvalue weighted by Crippen LogP contribution is 2.31. The van der Waals surface area contributed by atoms with Gasteiger partial charge in [0.25, 0.3) is 0 Å². The third-order valence-corrected chi connectivity index (χ3v) is 3.63. The molecule has 0 spiro atoms. The molecule has 1 N–H and O–H groups in total. The van der Waals surface area contributed by atoms with Crippen LogP contribution in [0.3, 0.4) is 0 Å². The molecule has 22 heavy (non-hydrogen) atoms. The summed E-state index contributed by atoms with van der Waals surface area (Å²) < 4.78 is 5.30. The van der Waals surface area contributed by atoms with E-state index >= 15 is 0 Å². The molecule has 0 saturated heterocycles. The number of aromatic nitrogens is 1. The predicted octanol–water partition coefficient (Wildman–Crippen LogP) is 3.54. The summed E-state index contributed by atoms with van der Waals surface area (Å²) in [4.78, 5) is 15.2. The molecule has 4 nitrogen and oxygen atoms in total. The maximum absolute atomic E-state index is 11.1. The van der Waals surface area contributed by atoms with Crippen molar-refractivity contribution in [2.24, 2.45) is 0 Å². The van der Waals surface area contributed by atoms with Crippen molar-refractivity contribution >= 4 is 16.7 Å². The summed E-state index contributed by atoms with van der Waals surface area (Å²) in [7, 11) is 1.55. The lowest BCUT2D eigenvalue weighted by Crippen LogP contribution is -2.03. The van der Waals surface area contributed by atoms with Crippen molar-refractivity contribution in [2.75, 3.05) is 7.11 Å². The van der Waals surface area contributed by atoms with Gasteiger partial charge in [-0.2, -0.15) is 0 Å². The smallest absolute Gasteiger partial charge is 0.307 e. The van der Waals surface area contributed by atoms with Gasteiger partial charge in [0.2, 0.25) is 0 Å². The van der Waals surface area contributed by atoms with E-state index in [9.17, 15) is 4.79 Å². The Morgan fingerprint density at radius 1 is 1.18 bits per heavy atom. The largest absolute Gasteiger partial charge is 0.496 e. The summed E-state index contributed by atoms with van der Waals surface area (Å²) in [6, 6.07) is 13.6. The quantitative estimate of drug-likeness (QED) is 0.799. The normalized spacial score (nSPS) is 10.6. The first-order valence-corrected chi connectivity index (χ1v) is 6.91. The van der Waals surface area contributed by atoms with Gasteiger partial charge >= 0.3 is 5.97 Å². The molecule has 2 aromatic carbocycles. The molecule has 0 bridgehead atoms. The summed E-state index contributed by atoms with van der Waals surface area (Å²) in [5.74, 6) is -0.272. The first-order valence-electron chi connectivity index (χ1n) is 6.91. The van der Waals surface area contributed by atoms with Crippen LogP contribution in [0, 0.1) is 0 Å². The van der Waals surface area contributed by atoms with Crippen LogP contribution in [0.15, 0.2) is 54.9 Å². The van der Waals surface area contributed by atoms with Gasteiger partial charge in [0.1, 0.15) is 5.75 Å². The van der Waals surface area contributed by atoms with Crippen molar-refractivity contribution in [1.82, 2.24) is 4.98 Å². The Morgan fingerprint density at radius 2 is 2.05 bits per heavy atom. The molecule has 0 unspecified atom stereocenters. The van der Waals surface area contributed by atoms with E-state index in [2.05, 4.69) is 4.98 Å². The van der Waals surface area contributed by atoms with E-state index in [1.165, 1.54) is 0 Å². The number of rotatable bonds is 4. The number of hydrogen-bond donors (Lipinski definition) is 1. The van der Waals surface area contributed by atoms with Crippen LogP contribution in [0.1, 0.15) is 5.56 Å². The predicted molar refractivity (Wildman–Crippen MR) is 85.1 cm³/mol. The standard InChI is InChI=1S/C18H15NO3/c1-22-17-7-5-13-9-12(14-3-2-8-19-11-14)4-6-15(13)16(17)10-18(20)21/h2-9,11H,10H2,1H3,(H,20,21). The van der Waals surface area contributed by atoms with Gasteiger partial charge in [-0.3, -0.25) is 9.78 Å². The monoisotopic (exact) mass is 293 g/mol. The van der Waals surface area contributed by atoms with Gasteiger partial charge in [-0.05, 0) is 34.5 Å². The average Bonchev–Trinajstić information content (AvgIpc) is 2.55. The van der Waals surface area contributed by atoms with Crippen LogP contribution in [0.4, 0.5) is 0 Å². The number of hydrogen-bond acceptors (Lipinski definition) is 3. The van der Waals surface area contributed by atoms with Crippen LogP contribution in [-0.4, -0.2) is 23.2 Å². The lowest BCUT2D eigenvalue weighted by atomic mass is 9.97. The van der Waals surface area contributed by atoms with Crippen molar-refractivity contribution in [3.63, 3.8) is 0 Å². The maximum Gasteiger partial charge on any atom is 0.307 e. The molecule has 0 saturated carbocycles. The highest BCUT2D eigenvalue weighted by Gasteiger charge is 2.12. The number of aliphatic carboxylic acids is 1. The second-order valence-electron chi connectivity index (χ2n) is 4.99. The molecule has 0 amide bonds. The zero-order valence-electron chi connectivity index (χ0n) is 12.1. The number of carboxylic acid groups (broad SMARTS) is 1. The first-order chi connectivity index (χ1) is 10.7. The summed E-state index contributed by atoms with van der Waals surface area (Å²) in [5.41, 5.74) is 2.78. The molecule has 3 rings (SSSR count). The molecule has 4 heteroatoms. The summed E-state index contributed by atoms with van der Waals surface area (Å²) in [6.07, 6.45) is 3.48. The number of carboxylic acids is 1. The Labute approximate surface area is 128 Å². The van der Waals surface area contributed by atoms with Crippen LogP contribution >= 0.6 is 0 Å². The highest BCUT2D eigenvalue weighted by molar-refractivity contribution is 5.93. The zero-order valence-corrected chi connectivity index (χ0v) is 12.1. The van der Waals surface area contributed by atoms with Gasteiger partial charge in [-0.15, -0.1) is 0 Å². The lowest BCUT2D eigenvalue weighted by molar-refractivity contribution is -0.136. The van der Waals surface area contributed by atoms with E-state index in [0.29, 0.717) is 11.3 Å². The molecule has 0 radical (unpaired) electrons. The molecule has 0 aliphatic carbocycles. The Balaban J connectivity index is 2.16. The van der Waals surface area contributed by atoms with Crippen LogP contribution in [0.25, 0.3) is 21.9 Å². The van der Waals surface area contributed by atoms with Crippen molar-refractivity contribution in [2.45, 2.75) is 6.42 Å². The third kappa shape index (κ3) is 2.63. The van der Waals surface area contributed by atoms with Crippen molar-refractivity contribution in [1.29, 1.82) is 0 Å². The molecule has 1 heterocycles. The molecular weight excluding hydrogens is 278 g/mol. The summed E-state index contributed by atoms with van der Waals surface area (Å²) in [6.45, 7) is 0. The zero-order chi connectivity index (χ0) is 15.5. The number of ether oxygens (including phenoxy) is 1. The fourth-order valence-electron chi connectivity index (χ4n) is 2.61. The van der Waals surface area contributed by atoms with E-state index in [1.807, 2.05) is 48.7 Å². The van der Waals surface area contributed by atoms with E-state index in [-0.39, 0.29) is 6.42 Å². The minimum absolute atomic E-state index is 0.0627. The van der Waals surface area contributed by atoms with E-state index in [1.54, 1.807) is 13.3 Å². The SMILES string of the molecule is COc1ccc2cc(-c3cccnc3)ccc2c1CC(=O)O. The number of fused-ring (bicyclic) bond motifs is 1. The highest BCUT2D eigenvalue weighted by atomic mass is 16.5. The number of nitrogens with zero attached hydrogens (tertiary/aromatic N) is 1. The molecule has 110 valence electrons. The van der Waals surface area contributed by atoms with Gasteiger partial charge < -0.3 is 9.84 Å². The lowest BCUT2D eigenvalue weighted by Gasteiger charge is -2.11. The topological polar surface area (TPSA) is 59.4 Å². The Hall–Kier alpha value is -2.88. The Morgan fingerprint density at radius 3 is 2.73 bits per heavy atom. The van der Waals surface area contributed by atoms with Crippen LogP contribution in [0.2, 0.25) is 0 Å². The van der Waals surface area contributed by atoms with Crippen LogP contribution < -0.4 is 4.74 Å². The number of benzene rings is 2. The Bertz CT molecular complexity index is 828. The summed E-state index contributed by atoms with van der Waals surface area (Å²) in [5, 5.41) is 11.0. The molecule has 0 aliphatic heterocycles. The third-order valence-electron chi connectivity index (χ3n) is 3.63. The van der Waals surface area contributed by atoms with E-state index in [0.717, 1.165) is 21.9 Å². The van der Waals surface area contributed by atoms with Gasteiger partial charge in [-0.25, -0.2) is 0 Å².